The fourth-order valence-corrected chi connectivity index (χ4v) is 2.95. The number of ether oxygens (including phenoxy) is 2. The summed E-state index contributed by atoms with van der Waals surface area (Å²) in [5.41, 5.74) is 5.43. The molecule has 0 aliphatic rings. The van der Waals surface area contributed by atoms with Crippen molar-refractivity contribution in [3.05, 3.63) is 82.9 Å². The first-order valence-electron chi connectivity index (χ1n) is 9.43. The Bertz CT molecular complexity index is 971. The van der Waals surface area contributed by atoms with Gasteiger partial charge in [0.1, 0.15) is 0 Å². The molecule has 0 spiro atoms. The SMILES string of the molecule is COC(=O)c1cc(Nc2ccc(C)cc2)c(Nc2ccc(C)cc2)cc1C(=O)OC. The maximum Gasteiger partial charge on any atom is 0.338 e. The average molecular weight is 404 g/mol. The number of hydrogen-bond acceptors (Lipinski definition) is 6. The first-order valence-corrected chi connectivity index (χ1v) is 9.43. The van der Waals surface area contributed by atoms with Crippen molar-refractivity contribution in [1.29, 1.82) is 0 Å². The number of rotatable bonds is 6. The van der Waals surface area contributed by atoms with Crippen molar-refractivity contribution in [3.63, 3.8) is 0 Å². The maximum absolute atomic E-state index is 12.3. The summed E-state index contributed by atoms with van der Waals surface area (Å²) < 4.78 is 9.74. The predicted molar refractivity (Wildman–Crippen MR) is 118 cm³/mol. The van der Waals surface area contributed by atoms with Gasteiger partial charge in [-0.2, -0.15) is 0 Å². The van der Waals surface area contributed by atoms with Crippen molar-refractivity contribution in [2.24, 2.45) is 0 Å². The minimum absolute atomic E-state index is 0.119. The van der Waals surface area contributed by atoms with Crippen LogP contribution in [0.25, 0.3) is 0 Å². The molecule has 2 N–H and O–H groups in total. The number of carbonyl (C=O) groups is 2. The smallest absolute Gasteiger partial charge is 0.338 e. The fraction of sp³-hybridized carbons (Fsp3) is 0.167. The Hall–Kier alpha value is -3.80. The van der Waals surface area contributed by atoms with Crippen LogP contribution < -0.4 is 10.6 Å². The Morgan fingerprint density at radius 3 is 1.27 bits per heavy atom. The zero-order valence-electron chi connectivity index (χ0n) is 17.4. The topological polar surface area (TPSA) is 76.7 Å². The lowest BCUT2D eigenvalue weighted by atomic mass is 10.0. The molecule has 6 heteroatoms. The third kappa shape index (κ3) is 4.78. The Morgan fingerprint density at radius 2 is 0.967 bits per heavy atom. The zero-order chi connectivity index (χ0) is 21.7. The summed E-state index contributed by atoms with van der Waals surface area (Å²) in [6.45, 7) is 4.02. The van der Waals surface area contributed by atoms with E-state index in [-0.39, 0.29) is 11.1 Å². The van der Waals surface area contributed by atoms with Gasteiger partial charge in [-0.25, -0.2) is 9.59 Å². The van der Waals surface area contributed by atoms with Gasteiger partial charge in [-0.15, -0.1) is 0 Å². The predicted octanol–water partition coefficient (Wildman–Crippen LogP) is 5.36. The summed E-state index contributed by atoms with van der Waals surface area (Å²) in [5.74, 6) is -1.24. The Labute approximate surface area is 175 Å². The van der Waals surface area contributed by atoms with Crippen LogP contribution in [0, 0.1) is 13.8 Å². The summed E-state index contributed by atoms with van der Waals surface area (Å²) in [6.07, 6.45) is 0. The van der Waals surface area contributed by atoms with E-state index in [4.69, 9.17) is 9.47 Å². The molecule has 0 aliphatic carbocycles. The largest absolute Gasteiger partial charge is 0.465 e. The summed E-state index contributed by atoms with van der Waals surface area (Å²) in [4.78, 5) is 24.7. The summed E-state index contributed by atoms with van der Waals surface area (Å²) in [7, 11) is 2.55. The van der Waals surface area contributed by atoms with Crippen LogP contribution in [0.3, 0.4) is 0 Å². The molecule has 0 radical (unpaired) electrons. The van der Waals surface area contributed by atoms with E-state index in [1.54, 1.807) is 12.1 Å². The molecule has 6 nitrogen and oxygen atoms in total. The van der Waals surface area contributed by atoms with Gasteiger partial charge >= 0.3 is 11.9 Å². The normalized spacial score (nSPS) is 10.3. The van der Waals surface area contributed by atoms with Gasteiger partial charge in [0.25, 0.3) is 0 Å². The van der Waals surface area contributed by atoms with Gasteiger partial charge in [0, 0.05) is 11.4 Å². The number of nitrogens with one attached hydrogen (secondary N) is 2. The minimum Gasteiger partial charge on any atom is -0.465 e. The molecule has 3 rings (SSSR count). The summed E-state index contributed by atoms with van der Waals surface area (Å²) in [5, 5.41) is 6.63. The Balaban J connectivity index is 2.11. The lowest BCUT2D eigenvalue weighted by molar-refractivity contribution is 0.0555. The second kappa shape index (κ2) is 9.13. The molecule has 30 heavy (non-hydrogen) atoms. The van der Waals surface area contributed by atoms with Gasteiger partial charge in [-0.05, 0) is 50.2 Å². The van der Waals surface area contributed by atoms with E-state index in [1.165, 1.54) is 14.2 Å². The number of esters is 2. The highest BCUT2D eigenvalue weighted by Crippen LogP contribution is 2.33. The Kier molecular flexibility index (Phi) is 6.37. The highest BCUT2D eigenvalue weighted by atomic mass is 16.5. The molecule has 3 aromatic rings. The van der Waals surface area contributed by atoms with Gasteiger partial charge in [-0.1, -0.05) is 35.4 Å². The second-order valence-electron chi connectivity index (χ2n) is 6.91. The van der Waals surface area contributed by atoms with Crippen LogP contribution in [0.1, 0.15) is 31.8 Å². The van der Waals surface area contributed by atoms with Crippen molar-refractivity contribution < 1.29 is 19.1 Å². The van der Waals surface area contributed by atoms with Crippen molar-refractivity contribution in [2.45, 2.75) is 13.8 Å². The standard InChI is InChI=1S/C24H24N2O4/c1-15-5-9-17(10-6-15)25-21-13-19(23(27)29-3)20(24(28)30-4)14-22(21)26-18-11-7-16(2)8-12-18/h5-14,25-26H,1-4H3. The van der Waals surface area contributed by atoms with Crippen LogP contribution in [0.15, 0.2) is 60.7 Å². The molecule has 0 saturated heterocycles. The molecule has 0 unspecified atom stereocenters. The average Bonchev–Trinajstić information content (AvgIpc) is 2.76. The molecule has 0 atom stereocenters. The van der Waals surface area contributed by atoms with Gasteiger partial charge in [0.05, 0.1) is 36.7 Å². The van der Waals surface area contributed by atoms with E-state index in [0.717, 1.165) is 22.5 Å². The molecule has 0 saturated carbocycles. The number of aryl methyl sites for hydroxylation is 2. The van der Waals surface area contributed by atoms with Crippen LogP contribution in [0.5, 0.6) is 0 Å². The monoisotopic (exact) mass is 404 g/mol. The molecule has 0 fully saturated rings. The van der Waals surface area contributed by atoms with E-state index in [2.05, 4.69) is 10.6 Å². The third-order valence-electron chi connectivity index (χ3n) is 4.63. The molecule has 0 aromatic heterocycles. The van der Waals surface area contributed by atoms with Crippen molar-refractivity contribution >= 4 is 34.7 Å². The maximum atomic E-state index is 12.3. The van der Waals surface area contributed by atoms with E-state index >= 15 is 0 Å². The lowest BCUT2D eigenvalue weighted by Crippen LogP contribution is -2.13. The number of hydrogen-bond donors (Lipinski definition) is 2. The number of carbonyl (C=O) groups excluding carboxylic acids is 2. The van der Waals surface area contributed by atoms with Crippen LogP contribution in [-0.2, 0) is 9.47 Å². The molecular formula is C24H24N2O4. The van der Waals surface area contributed by atoms with E-state index in [9.17, 15) is 9.59 Å². The lowest BCUT2D eigenvalue weighted by Gasteiger charge is -2.18. The van der Waals surface area contributed by atoms with Crippen molar-refractivity contribution in [2.75, 3.05) is 24.9 Å². The number of anilines is 4. The van der Waals surface area contributed by atoms with Crippen LogP contribution in [-0.4, -0.2) is 26.2 Å². The quantitative estimate of drug-likeness (QED) is 0.538. The van der Waals surface area contributed by atoms with Crippen LogP contribution in [0.2, 0.25) is 0 Å². The zero-order valence-corrected chi connectivity index (χ0v) is 17.4. The van der Waals surface area contributed by atoms with Crippen LogP contribution >= 0.6 is 0 Å². The first-order chi connectivity index (χ1) is 14.4. The van der Waals surface area contributed by atoms with E-state index in [0.29, 0.717) is 11.4 Å². The third-order valence-corrected chi connectivity index (χ3v) is 4.63. The van der Waals surface area contributed by atoms with E-state index in [1.807, 2.05) is 62.4 Å². The summed E-state index contributed by atoms with van der Waals surface area (Å²) in [6, 6.07) is 18.9. The highest BCUT2D eigenvalue weighted by Gasteiger charge is 2.22. The first kappa shape index (κ1) is 20.9. The van der Waals surface area contributed by atoms with Gasteiger partial charge in [-0.3, -0.25) is 0 Å². The molecular weight excluding hydrogens is 380 g/mol. The molecule has 154 valence electrons. The second-order valence-corrected chi connectivity index (χ2v) is 6.91. The summed E-state index contributed by atoms with van der Waals surface area (Å²) >= 11 is 0. The molecule has 0 aliphatic heterocycles. The molecule has 0 bridgehead atoms. The van der Waals surface area contributed by atoms with Gasteiger partial charge in [0.2, 0.25) is 0 Å². The Morgan fingerprint density at radius 1 is 0.633 bits per heavy atom. The number of benzene rings is 3. The highest BCUT2D eigenvalue weighted by molar-refractivity contribution is 6.06. The minimum atomic E-state index is -0.621. The van der Waals surface area contributed by atoms with Crippen LogP contribution in [0.4, 0.5) is 22.7 Å². The fourth-order valence-electron chi connectivity index (χ4n) is 2.95. The van der Waals surface area contributed by atoms with E-state index < -0.39 is 11.9 Å². The number of methoxy groups -OCH3 is 2. The molecule has 3 aromatic carbocycles. The molecule has 0 amide bonds. The van der Waals surface area contributed by atoms with Gasteiger partial charge < -0.3 is 20.1 Å². The van der Waals surface area contributed by atoms with Crippen molar-refractivity contribution in [1.82, 2.24) is 0 Å². The van der Waals surface area contributed by atoms with Gasteiger partial charge in [0.15, 0.2) is 0 Å². The van der Waals surface area contributed by atoms with Crippen molar-refractivity contribution in [3.8, 4) is 0 Å². The molecule has 0 heterocycles.